The average Bonchev–Trinajstić information content (AvgIpc) is 3.69. The van der Waals surface area contributed by atoms with Gasteiger partial charge in [-0.15, -0.1) is 0 Å². The first-order valence-electron chi connectivity index (χ1n) is 15.8. The van der Waals surface area contributed by atoms with Crippen LogP contribution in [0.15, 0.2) is 12.4 Å². The zero-order chi connectivity index (χ0) is 31.0. The van der Waals surface area contributed by atoms with E-state index in [4.69, 9.17) is 21.3 Å². The number of amides is 2. The Morgan fingerprint density at radius 1 is 1.07 bits per heavy atom. The number of alkyl carbamates (subject to hydrolysis) is 1. The molecular weight excluding hydrogens is 570 g/mol. The van der Waals surface area contributed by atoms with Crippen LogP contribution < -0.4 is 10.6 Å². The van der Waals surface area contributed by atoms with E-state index in [2.05, 4.69) is 20.7 Å². The van der Waals surface area contributed by atoms with E-state index < -0.39 is 11.7 Å². The summed E-state index contributed by atoms with van der Waals surface area (Å²) >= 11 is 6.53. The Kier molecular flexibility index (Phi) is 11.5. The van der Waals surface area contributed by atoms with Gasteiger partial charge < -0.3 is 25.4 Å². The van der Waals surface area contributed by atoms with Crippen LogP contribution in [0.1, 0.15) is 97.1 Å². The number of aryl methyl sites for hydroxylation is 1. The van der Waals surface area contributed by atoms with Crippen molar-refractivity contribution in [2.75, 3.05) is 18.4 Å². The lowest BCUT2D eigenvalue weighted by Crippen LogP contribution is -2.44. The van der Waals surface area contributed by atoms with Gasteiger partial charge >= 0.3 is 12.2 Å². The maximum atomic E-state index is 12.1. The van der Waals surface area contributed by atoms with E-state index >= 15 is 0 Å². The summed E-state index contributed by atoms with van der Waals surface area (Å²) in [6.07, 6.45) is 13.7. The highest BCUT2D eigenvalue weighted by Crippen LogP contribution is 2.37. The monoisotopic (exact) mass is 617 g/mol. The molecule has 2 aromatic heterocycles. The van der Waals surface area contributed by atoms with Crippen LogP contribution in [-0.4, -0.2) is 72.7 Å². The Morgan fingerprint density at radius 2 is 1.77 bits per heavy atom. The zero-order valence-corrected chi connectivity index (χ0v) is 26.8. The number of ether oxygens (including phenoxy) is 1. The number of nitrogens with zero attached hydrogens (tertiary/aromatic N) is 5. The number of hydrogen-bond acceptors (Lipinski definition) is 7. The molecule has 2 fully saturated rings. The minimum absolute atomic E-state index is 0.0238. The van der Waals surface area contributed by atoms with Crippen molar-refractivity contribution in [3.63, 3.8) is 0 Å². The number of rotatable bonds is 14. The van der Waals surface area contributed by atoms with E-state index in [1.165, 1.54) is 12.8 Å². The Hall–Kier alpha value is -3.08. The van der Waals surface area contributed by atoms with E-state index in [9.17, 15) is 14.7 Å². The van der Waals surface area contributed by atoms with Crippen molar-refractivity contribution in [1.29, 1.82) is 0 Å². The quantitative estimate of drug-likeness (QED) is 0.200. The number of nitrogens with one attached hydrogen (secondary N) is 2. The van der Waals surface area contributed by atoms with Crippen LogP contribution in [0, 0.1) is 5.92 Å². The van der Waals surface area contributed by atoms with Gasteiger partial charge in [0, 0.05) is 43.5 Å². The van der Waals surface area contributed by atoms with Gasteiger partial charge in [0.25, 0.3) is 0 Å². The molecule has 238 valence electrons. The van der Waals surface area contributed by atoms with E-state index in [0.29, 0.717) is 35.7 Å². The van der Waals surface area contributed by atoms with Gasteiger partial charge in [-0.05, 0) is 84.5 Å². The molecule has 0 aliphatic heterocycles. The van der Waals surface area contributed by atoms with Crippen LogP contribution in [0.2, 0.25) is 5.02 Å². The average molecular weight is 618 g/mol. The summed E-state index contributed by atoms with van der Waals surface area (Å²) in [5.74, 6) is 1.26. The molecule has 0 bridgehead atoms. The van der Waals surface area contributed by atoms with Gasteiger partial charge in [-0.2, -0.15) is 5.10 Å². The molecule has 0 unspecified atom stereocenters. The third-order valence-corrected chi connectivity index (χ3v) is 8.48. The second-order valence-electron chi connectivity index (χ2n) is 13.0. The molecule has 2 aliphatic rings. The fourth-order valence-electron chi connectivity index (χ4n) is 5.71. The standard InChI is InChI=1S/C31H48ClN7O4/c1-31(2,3)43-29(40)33-16-8-6-5-7-9-17-39(30(41)42)23-14-12-22(13-15-23)36-28-34-20-25(32)27(37-28)24-19-35-38(4)26(24)18-21-10-11-21/h19-23H,5-18H2,1-4H3,(H,33,40)(H,41,42)(H,34,36,37). The smallest absolute Gasteiger partial charge is 0.407 e. The number of aromatic nitrogens is 4. The van der Waals surface area contributed by atoms with E-state index in [0.717, 1.165) is 75.5 Å². The van der Waals surface area contributed by atoms with Gasteiger partial charge in [0.2, 0.25) is 5.95 Å². The van der Waals surface area contributed by atoms with Crippen LogP contribution in [-0.2, 0) is 18.2 Å². The largest absolute Gasteiger partial charge is 0.465 e. The first-order valence-corrected chi connectivity index (χ1v) is 16.1. The summed E-state index contributed by atoms with van der Waals surface area (Å²) in [5.41, 5.74) is 2.32. The Balaban J connectivity index is 1.18. The molecule has 0 atom stereocenters. The Labute approximate surface area is 260 Å². The summed E-state index contributed by atoms with van der Waals surface area (Å²) in [6.45, 7) is 6.66. The molecule has 0 saturated heterocycles. The summed E-state index contributed by atoms with van der Waals surface area (Å²) in [5, 5.41) is 21.1. The van der Waals surface area contributed by atoms with Gasteiger partial charge in [0.05, 0.1) is 23.1 Å². The molecule has 0 aromatic carbocycles. The fourth-order valence-corrected chi connectivity index (χ4v) is 5.91. The van der Waals surface area contributed by atoms with Gasteiger partial charge in [0.1, 0.15) is 5.60 Å². The predicted octanol–water partition coefficient (Wildman–Crippen LogP) is 6.66. The molecule has 11 nitrogen and oxygen atoms in total. The second-order valence-corrected chi connectivity index (χ2v) is 13.4. The topological polar surface area (TPSA) is 135 Å². The van der Waals surface area contributed by atoms with Crippen molar-refractivity contribution < 1.29 is 19.4 Å². The molecule has 0 spiro atoms. The number of anilines is 1. The second kappa shape index (κ2) is 15.1. The SMILES string of the molecule is Cn1ncc(-c2nc(NC3CCC(N(CCCCCCCNC(=O)OC(C)(C)C)C(=O)O)CC3)ncc2Cl)c1CC1CC1. The van der Waals surface area contributed by atoms with Crippen molar-refractivity contribution in [3.05, 3.63) is 23.1 Å². The van der Waals surface area contributed by atoms with Gasteiger partial charge in [-0.3, -0.25) is 4.68 Å². The lowest BCUT2D eigenvalue weighted by atomic mass is 9.90. The van der Waals surface area contributed by atoms with Crippen molar-refractivity contribution in [2.45, 2.75) is 116 Å². The molecule has 3 N–H and O–H groups in total. The predicted molar refractivity (Wildman–Crippen MR) is 167 cm³/mol. The van der Waals surface area contributed by atoms with Crippen LogP contribution in [0.25, 0.3) is 11.3 Å². The highest BCUT2D eigenvalue weighted by atomic mass is 35.5. The normalized spacial score (nSPS) is 18.7. The zero-order valence-electron chi connectivity index (χ0n) is 26.1. The number of carbonyl (C=O) groups excluding carboxylic acids is 1. The van der Waals surface area contributed by atoms with Crippen LogP contribution in [0.4, 0.5) is 15.5 Å². The molecule has 2 saturated carbocycles. The molecule has 4 rings (SSSR count). The Morgan fingerprint density at radius 3 is 2.44 bits per heavy atom. The number of carbonyl (C=O) groups is 2. The van der Waals surface area contributed by atoms with Crippen LogP contribution in [0.5, 0.6) is 0 Å². The molecule has 0 radical (unpaired) electrons. The summed E-state index contributed by atoms with van der Waals surface area (Å²) in [7, 11) is 1.96. The third kappa shape index (κ3) is 10.3. The third-order valence-electron chi connectivity index (χ3n) is 8.20. The molecule has 43 heavy (non-hydrogen) atoms. The summed E-state index contributed by atoms with van der Waals surface area (Å²) in [6, 6.07) is 0.200. The van der Waals surface area contributed by atoms with Crippen molar-refractivity contribution in [2.24, 2.45) is 13.0 Å². The molecule has 2 amide bonds. The van der Waals surface area contributed by atoms with E-state index in [-0.39, 0.29) is 18.2 Å². The van der Waals surface area contributed by atoms with Crippen LogP contribution in [0.3, 0.4) is 0 Å². The van der Waals surface area contributed by atoms with Gasteiger partial charge in [-0.25, -0.2) is 19.6 Å². The summed E-state index contributed by atoms with van der Waals surface area (Å²) < 4.78 is 7.16. The van der Waals surface area contributed by atoms with Crippen molar-refractivity contribution in [3.8, 4) is 11.3 Å². The number of unbranched alkanes of at least 4 members (excludes halogenated alkanes) is 4. The minimum atomic E-state index is -0.845. The molecular formula is C31H48ClN7O4. The lowest BCUT2D eigenvalue weighted by Gasteiger charge is -2.35. The molecule has 12 heteroatoms. The lowest BCUT2D eigenvalue weighted by molar-refractivity contribution is 0.0527. The Bertz CT molecular complexity index is 1220. The molecule has 2 aromatic rings. The summed E-state index contributed by atoms with van der Waals surface area (Å²) in [4.78, 5) is 34.6. The van der Waals surface area contributed by atoms with Crippen LogP contribution >= 0.6 is 11.6 Å². The minimum Gasteiger partial charge on any atom is -0.465 e. The highest BCUT2D eigenvalue weighted by Gasteiger charge is 2.30. The first-order chi connectivity index (χ1) is 20.5. The number of carboxylic acid groups (broad SMARTS) is 1. The first kappa shape index (κ1) is 32.8. The van der Waals surface area contributed by atoms with Crippen molar-refractivity contribution in [1.82, 2.24) is 30.0 Å². The molecule has 2 heterocycles. The number of halogens is 1. The maximum absolute atomic E-state index is 12.1. The van der Waals surface area contributed by atoms with E-state index in [1.807, 2.05) is 38.7 Å². The highest BCUT2D eigenvalue weighted by molar-refractivity contribution is 6.33. The van der Waals surface area contributed by atoms with Gasteiger partial charge in [-0.1, -0.05) is 30.9 Å². The molecule has 2 aliphatic carbocycles. The van der Waals surface area contributed by atoms with Gasteiger partial charge in [0.15, 0.2) is 0 Å². The maximum Gasteiger partial charge on any atom is 0.407 e. The fraction of sp³-hybridized carbons (Fsp3) is 0.710. The van der Waals surface area contributed by atoms with E-state index in [1.54, 1.807) is 11.1 Å². The number of hydrogen-bond donors (Lipinski definition) is 3. The van der Waals surface area contributed by atoms with Crippen molar-refractivity contribution >= 4 is 29.7 Å².